The van der Waals surface area contributed by atoms with Crippen molar-refractivity contribution in [1.29, 1.82) is 0 Å². The summed E-state index contributed by atoms with van der Waals surface area (Å²) in [6.45, 7) is 7.75. The van der Waals surface area contributed by atoms with Gasteiger partial charge in [0, 0.05) is 0 Å². The maximum atomic E-state index is 10.9. The van der Waals surface area contributed by atoms with Crippen LogP contribution in [0.1, 0.15) is 20.3 Å². The quantitative estimate of drug-likeness (QED) is 0.744. The van der Waals surface area contributed by atoms with E-state index in [0.717, 1.165) is 12.0 Å². The maximum Gasteiger partial charge on any atom is 0.209 e. The summed E-state index contributed by atoms with van der Waals surface area (Å²) in [5.41, 5.74) is 1.06. The maximum absolute atomic E-state index is 10.9. The topological polar surface area (TPSA) is 60.2 Å². The first kappa shape index (κ1) is 10.7. The third-order valence-corrected chi connectivity index (χ3v) is 3.71. The molecule has 1 aliphatic carbocycles. The highest BCUT2D eigenvalue weighted by molar-refractivity contribution is 7.89. The molecule has 75 valence electrons. The Bertz CT molecular complexity index is 332. The van der Waals surface area contributed by atoms with Crippen molar-refractivity contribution in [2.75, 3.05) is 5.75 Å². The Hall–Kier alpha value is -0.350. The first-order chi connectivity index (χ1) is 5.73. The van der Waals surface area contributed by atoms with E-state index in [0.29, 0.717) is 0 Å². The second kappa shape index (κ2) is 3.10. The standard InChI is InChI=1S/C9H16NO2S/c1-7-4-9(3,5-7)8(2)6-13(10,11)12/h4,8H,1,5-6H2,2-3H3,(H2,10,11,12)/t8-,9+/m1/s1. The average Bonchev–Trinajstić information content (AvgIpc) is 1.80. The van der Waals surface area contributed by atoms with Crippen molar-refractivity contribution in [3.8, 4) is 0 Å². The van der Waals surface area contributed by atoms with Crippen molar-refractivity contribution < 1.29 is 8.42 Å². The van der Waals surface area contributed by atoms with Gasteiger partial charge in [-0.2, -0.15) is 0 Å². The Balaban J connectivity index is 2.66. The summed E-state index contributed by atoms with van der Waals surface area (Å²) in [5, 5.41) is 4.98. The van der Waals surface area contributed by atoms with Crippen LogP contribution in [0.25, 0.3) is 0 Å². The van der Waals surface area contributed by atoms with Gasteiger partial charge in [-0.1, -0.05) is 25.5 Å². The van der Waals surface area contributed by atoms with Gasteiger partial charge >= 0.3 is 0 Å². The van der Waals surface area contributed by atoms with Crippen molar-refractivity contribution in [2.45, 2.75) is 20.3 Å². The molecule has 0 fully saturated rings. The van der Waals surface area contributed by atoms with Crippen LogP contribution in [0.5, 0.6) is 0 Å². The molecule has 4 heteroatoms. The smallest absolute Gasteiger partial charge is 0.209 e. The molecule has 0 bridgehead atoms. The van der Waals surface area contributed by atoms with E-state index in [2.05, 4.69) is 6.92 Å². The van der Waals surface area contributed by atoms with Crippen LogP contribution < -0.4 is 5.14 Å². The molecule has 0 aliphatic heterocycles. The van der Waals surface area contributed by atoms with Gasteiger partial charge in [-0.25, -0.2) is 13.6 Å². The largest absolute Gasteiger partial charge is 0.229 e. The van der Waals surface area contributed by atoms with Crippen molar-refractivity contribution in [2.24, 2.45) is 16.5 Å². The molecule has 0 spiro atoms. The lowest BCUT2D eigenvalue weighted by Gasteiger charge is -2.40. The number of hydrogen-bond donors (Lipinski definition) is 1. The fourth-order valence-corrected chi connectivity index (χ4v) is 2.86. The highest BCUT2D eigenvalue weighted by atomic mass is 32.2. The van der Waals surface area contributed by atoms with Gasteiger partial charge in [0.2, 0.25) is 10.0 Å². The summed E-state index contributed by atoms with van der Waals surface area (Å²) in [4.78, 5) is 0. The lowest BCUT2D eigenvalue weighted by molar-refractivity contribution is 0.264. The minimum Gasteiger partial charge on any atom is -0.229 e. The molecule has 0 saturated carbocycles. The van der Waals surface area contributed by atoms with E-state index in [4.69, 9.17) is 5.14 Å². The van der Waals surface area contributed by atoms with Gasteiger partial charge in [0.25, 0.3) is 0 Å². The predicted molar refractivity (Wildman–Crippen MR) is 53.3 cm³/mol. The van der Waals surface area contributed by atoms with Crippen molar-refractivity contribution in [1.82, 2.24) is 0 Å². The molecular weight excluding hydrogens is 186 g/mol. The summed E-state index contributed by atoms with van der Waals surface area (Å²) in [6, 6.07) is 0. The molecule has 0 aromatic heterocycles. The van der Waals surface area contributed by atoms with Gasteiger partial charge in [0.05, 0.1) is 5.75 Å². The summed E-state index contributed by atoms with van der Waals surface area (Å²) in [5.74, 6) is 0.112. The molecular formula is C9H16NO2S. The van der Waals surface area contributed by atoms with Crippen LogP contribution in [0, 0.1) is 18.3 Å². The highest BCUT2D eigenvalue weighted by Crippen LogP contribution is 2.44. The molecule has 0 heterocycles. The van der Waals surface area contributed by atoms with E-state index in [1.54, 1.807) is 0 Å². The van der Waals surface area contributed by atoms with Crippen LogP contribution >= 0.6 is 0 Å². The normalized spacial score (nSPS) is 30.6. The average molecular weight is 202 g/mol. The summed E-state index contributed by atoms with van der Waals surface area (Å²) < 4.78 is 21.7. The zero-order valence-corrected chi connectivity index (χ0v) is 8.89. The first-order valence-electron chi connectivity index (χ1n) is 4.27. The van der Waals surface area contributed by atoms with Gasteiger partial charge < -0.3 is 0 Å². The van der Waals surface area contributed by atoms with Crippen LogP contribution in [-0.4, -0.2) is 14.2 Å². The van der Waals surface area contributed by atoms with Crippen molar-refractivity contribution in [3.63, 3.8) is 0 Å². The molecule has 2 N–H and O–H groups in total. The summed E-state index contributed by atoms with van der Waals surface area (Å²) in [7, 11) is -3.35. The summed E-state index contributed by atoms with van der Waals surface area (Å²) in [6.07, 6.45) is 2.91. The molecule has 1 rings (SSSR count). The van der Waals surface area contributed by atoms with E-state index < -0.39 is 10.0 Å². The Morgan fingerprint density at radius 3 is 2.54 bits per heavy atom. The Morgan fingerprint density at radius 2 is 2.23 bits per heavy atom. The SMILES string of the molecule is [CH2]C1=C[C@](C)([C@H](C)CS(N)(=O)=O)C1. The number of hydrogen-bond acceptors (Lipinski definition) is 2. The van der Waals surface area contributed by atoms with Crippen LogP contribution in [0.3, 0.4) is 0 Å². The fraction of sp³-hybridized carbons (Fsp3) is 0.667. The molecule has 0 aromatic carbocycles. The second-order valence-corrected chi connectivity index (χ2v) is 5.87. The molecule has 0 aromatic rings. The molecule has 13 heavy (non-hydrogen) atoms. The number of sulfonamides is 1. The lowest BCUT2D eigenvalue weighted by atomic mass is 9.66. The van der Waals surface area contributed by atoms with E-state index in [1.165, 1.54) is 0 Å². The third-order valence-electron chi connectivity index (χ3n) is 2.75. The Kier molecular flexibility index (Phi) is 2.56. The third kappa shape index (κ3) is 2.54. The molecule has 3 nitrogen and oxygen atoms in total. The van der Waals surface area contributed by atoms with Crippen LogP contribution in [0.15, 0.2) is 11.6 Å². The first-order valence-corrected chi connectivity index (χ1v) is 5.99. The molecule has 1 radical (unpaired) electrons. The monoisotopic (exact) mass is 202 g/mol. The van der Waals surface area contributed by atoms with E-state index in [1.807, 2.05) is 19.9 Å². The predicted octanol–water partition coefficient (Wildman–Crippen LogP) is 1.08. The van der Waals surface area contributed by atoms with Crippen LogP contribution in [-0.2, 0) is 10.0 Å². The van der Waals surface area contributed by atoms with Gasteiger partial charge in [-0.15, -0.1) is 0 Å². The van der Waals surface area contributed by atoms with Gasteiger partial charge in [-0.05, 0) is 24.7 Å². The Morgan fingerprint density at radius 1 is 1.77 bits per heavy atom. The molecule has 0 saturated heterocycles. The van der Waals surface area contributed by atoms with Crippen LogP contribution in [0.2, 0.25) is 0 Å². The van der Waals surface area contributed by atoms with E-state index in [9.17, 15) is 8.42 Å². The minimum absolute atomic E-state index is 0.0243. The molecule has 2 atom stereocenters. The second-order valence-electron chi connectivity index (χ2n) is 4.22. The number of allylic oxidation sites excluding steroid dienone is 2. The number of primary sulfonamides is 1. The summed E-state index contributed by atoms with van der Waals surface area (Å²) >= 11 is 0. The van der Waals surface area contributed by atoms with Gasteiger partial charge in [0.15, 0.2) is 0 Å². The van der Waals surface area contributed by atoms with Crippen LogP contribution in [0.4, 0.5) is 0 Å². The number of rotatable bonds is 3. The molecule has 1 aliphatic rings. The van der Waals surface area contributed by atoms with E-state index >= 15 is 0 Å². The zero-order valence-electron chi connectivity index (χ0n) is 8.08. The highest BCUT2D eigenvalue weighted by Gasteiger charge is 2.36. The fourth-order valence-electron chi connectivity index (χ4n) is 1.78. The van der Waals surface area contributed by atoms with Crippen molar-refractivity contribution >= 4 is 10.0 Å². The van der Waals surface area contributed by atoms with Gasteiger partial charge in [-0.3, -0.25) is 0 Å². The lowest BCUT2D eigenvalue weighted by Crippen LogP contribution is -2.36. The van der Waals surface area contributed by atoms with Gasteiger partial charge in [0.1, 0.15) is 0 Å². The van der Waals surface area contributed by atoms with Crippen molar-refractivity contribution in [3.05, 3.63) is 18.6 Å². The van der Waals surface area contributed by atoms with E-state index in [-0.39, 0.29) is 17.1 Å². The molecule has 0 unspecified atom stereocenters. The Labute approximate surface area is 80.1 Å². The number of nitrogens with two attached hydrogens (primary N) is 1. The zero-order chi connectivity index (χ0) is 10.3. The molecule has 0 amide bonds. The minimum atomic E-state index is -3.35.